The van der Waals surface area contributed by atoms with E-state index in [4.69, 9.17) is 18.8 Å². The molecule has 2 aromatic carbocycles. The summed E-state index contributed by atoms with van der Waals surface area (Å²) >= 11 is 0. The average molecular weight is 381 g/mol. The van der Waals surface area contributed by atoms with Crippen molar-refractivity contribution in [2.75, 3.05) is 11.9 Å². The maximum absolute atomic E-state index is 12.6. The molecule has 8 heteroatoms. The van der Waals surface area contributed by atoms with Crippen LogP contribution in [0.2, 0.25) is 0 Å². The minimum Gasteiger partial charge on any atom is -0.491 e. The number of ether oxygens (including phenoxy) is 3. The van der Waals surface area contributed by atoms with Crippen LogP contribution < -0.4 is 19.5 Å². The molecule has 4 rings (SSSR count). The Bertz CT molecular complexity index is 968. The van der Waals surface area contributed by atoms with Gasteiger partial charge < -0.3 is 19.5 Å². The molecule has 0 unspecified atom stereocenters. The lowest BCUT2D eigenvalue weighted by Gasteiger charge is -2.25. The predicted molar refractivity (Wildman–Crippen MR) is 100 cm³/mol. The lowest BCUT2D eigenvalue weighted by molar-refractivity contribution is -0.125. The van der Waals surface area contributed by atoms with E-state index >= 15 is 0 Å². The molecule has 1 aliphatic rings. The van der Waals surface area contributed by atoms with Crippen molar-refractivity contribution in [3.05, 3.63) is 48.5 Å². The van der Waals surface area contributed by atoms with Crippen molar-refractivity contribution < 1.29 is 23.6 Å². The van der Waals surface area contributed by atoms with Crippen LogP contribution in [-0.2, 0) is 4.79 Å². The number of hydrogen-bond donors (Lipinski definition) is 1. The van der Waals surface area contributed by atoms with Gasteiger partial charge in [0.05, 0.1) is 6.10 Å². The van der Waals surface area contributed by atoms with Gasteiger partial charge in [0.15, 0.2) is 17.2 Å². The van der Waals surface area contributed by atoms with Gasteiger partial charge in [-0.3, -0.25) is 4.79 Å². The van der Waals surface area contributed by atoms with Gasteiger partial charge in [0.2, 0.25) is 11.9 Å². The van der Waals surface area contributed by atoms with Crippen molar-refractivity contribution in [1.29, 1.82) is 0 Å². The number of nitrogens with one attached hydrogen (secondary N) is 1. The highest BCUT2D eigenvalue weighted by molar-refractivity contribution is 5.96. The fourth-order valence-corrected chi connectivity index (χ4v) is 2.77. The lowest BCUT2D eigenvalue weighted by atomic mass is 10.1. The van der Waals surface area contributed by atoms with Crippen LogP contribution in [0.3, 0.4) is 0 Å². The fraction of sp³-hybridized carbons (Fsp3) is 0.250. The first kappa shape index (κ1) is 17.8. The molecule has 0 fully saturated rings. The minimum absolute atomic E-state index is 0.0808. The summed E-state index contributed by atoms with van der Waals surface area (Å²) in [6, 6.07) is 14.5. The van der Waals surface area contributed by atoms with E-state index in [1.165, 1.54) is 0 Å². The SMILES string of the molecule is CC(C)Oc1ccc(-c2nonc2NC(=O)[C@@H]2COc3ccccc3O2)cc1. The van der Waals surface area contributed by atoms with Crippen molar-refractivity contribution in [1.82, 2.24) is 10.3 Å². The van der Waals surface area contributed by atoms with E-state index in [0.717, 1.165) is 11.3 Å². The lowest BCUT2D eigenvalue weighted by Crippen LogP contribution is -2.40. The molecule has 144 valence electrons. The normalized spacial score (nSPS) is 15.3. The highest BCUT2D eigenvalue weighted by Gasteiger charge is 2.29. The van der Waals surface area contributed by atoms with Crippen molar-refractivity contribution in [2.24, 2.45) is 0 Å². The number of aromatic nitrogens is 2. The highest BCUT2D eigenvalue weighted by atomic mass is 16.6. The molecule has 1 aliphatic heterocycles. The molecule has 0 aliphatic carbocycles. The maximum Gasteiger partial charge on any atom is 0.270 e. The van der Waals surface area contributed by atoms with E-state index in [1.807, 2.05) is 50.2 Å². The Hall–Kier alpha value is -3.55. The molecule has 28 heavy (non-hydrogen) atoms. The molecular formula is C20H19N3O5. The molecule has 2 heterocycles. The Morgan fingerprint density at radius 1 is 1.11 bits per heavy atom. The summed E-state index contributed by atoms with van der Waals surface area (Å²) < 4.78 is 21.7. The van der Waals surface area contributed by atoms with Crippen LogP contribution >= 0.6 is 0 Å². The number of nitrogens with zero attached hydrogens (tertiary/aromatic N) is 2. The van der Waals surface area contributed by atoms with Crippen LogP contribution in [0, 0.1) is 0 Å². The fourth-order valence-electron chi connectivity index (χ4n) is 2.77. The summed E-state index contributed by atoms with van der Waals surface area (Å²) in [5.41, 5.74) is 1.15. The molecule has 0 saturated carbocycles. The van der Waals surface area contributed by atoms with Crippen LogP contribution in [0.4, 0.5) is 5.82 Å². The van der Waals surface area contributed by atoms with Crippen LogP contribution in [-0.4, -0.2) is 35.0 Å². The number of carbonyl (C=O) groups excluding carboxylic acids is 1. The smallest absolute Gasteiger partial charge is 0.270 e. The van der Waals surface area contributed by atoms with Gasteiger partial charge in [-0.25, -0.2) is 4.63 Å². The molecule has 0 bridgehead atoms. The van der Waals surface area contributed by atoms with Gasteiger partial charge in [0.25, 0.3) is 5.91 Å². The zero-order valence-corrected chi connectivity index (χ0v) is 15.4. The summed E-state index contributed by atoms with van der Waals surface area (Å²) in [6.45, 7) is 4.02. The van der Waals surface area contributed by atoms with Crippen molar-refractivity contribution in [3.8, 4) is 28.5 Å². The van der Waals surface area contributed by atoms with Crippen molar-refractivity contribution in [2.45, 2.75) is 26.1 Å². The first-order valence-corrected chi connectivity index (χ1v) is 8.89. The van der Waals surface area contributed by atoms with Crippen LogP contribution in [0.25, 0.3) is 11.3 Å². The second-order valence-corrected chi connectivity index (χ2v) is 6.51. The molecule has 1 aromatic heterocycles. The largest absolute Gasteiger partial charge is 0.491 e. The number of anilines is 1. The average Bonchev–Trinajstić information content (AvgIpc) is 3.16. The summed E-state index contributed by atoms with van der Waals surface area (Å²) in [4.78, 5) is 12.6. The Morgan fingerprint density at radius 2 is 1.86 bits per heavy atom. The van der Waals surface area contributed by atoms with Gasteiger partial charge in [-0.15, -0.1) is 0 Å². The number of carbonyl (C=O) groups is 1. The second-order valence-electron chi connectivity index (χ2n) is 6.51. The van der Waals surface area contributed by atoms with E-state index in [-0.39, 0.29) is 18.5 Å². The van der Waals surface area contributed by atoms with Gasteiger partial charge >= 0.3 is 0 Å². The molecule has 0 radical (unpaired) electrons. The molecule has 3 aromatic rings. The monoisotopic (exact) mass is 381 g/mol. The molecule has 1 atom stereocenters. The molecule has 1 amide bonds. The van der Waals surface area contributed by atoms with Crippen LogP contribution in [0.15, 0.2) is 53.2 Å². The second kappa shape index (κ2) is 7.59. The van der Waals surface area contributed by atoms with Crippen molar-refractivity contribution >= 4 is 11.7 Å². The first-order valence-electron chi connectivity index (χ1n) is 8.89. The zero-order chi connectivity index (χ0) is 19.5. The van der Waals surface area contributed by atoms with Gasteiger partial charge in [0, 0.05) is 5.56 Å². The summed E-state index contributed by atoms with van der Waals surface area (Å²) in [5, 5.41) is 10.4. The molecule has 0 saturated heterocycles. The standard InChI is InChI=1S/C20H19N3O5/c1-12(2)26-14-9-7-13(8-10-14)18-19(23-28-22-18)21-20(24)17-11-25-15-5-3-4-6-16(15)27-17/h3-10,12,17H,11H2,1-2H3,(H,21,23,24)/t17-/m0/s1. The predicted octanol–water partition coefficient (Wildman–Crippen LogP) is 3.30. The molecule has 8 nitrogen and oxygen atoms in total. The molecule has 0 spiro atoms. The van der Waals surface area contributed by atoms with E-state index in [9.17, 15) is 4.79 Å². The number of benzene rings is 2. The highest BCUT2D eigenvalue weighted by Crippen LogP contribution is 2.32. The number of rotatable bonds is 5. The quantitative estimate of drug-likeness (QED) is 0.724. The van der Waals surface area contributed by atoms with E-state index in [0.29, 0.717) is 17.2 Å². The summed E-state index contributed by atoms with van der Waals surface area (Å²) in [5.74, 6) is 1.69. The van der Waals surface area contributed by atoms with Gasteiger partial charge in [-0.2, -0.15) is 0 Å². The summed E-state index contributed by atoms with van der Waals surface area (Å²) in [7, 11) is 0. The number of hydrogen-bond acceptors (Lipinski definition) is 7. The Morgan fingerprint density at radius 3 is 2.61 bits per heavy atom. The minimum atomic E-state index is -0.804. The third-order valence-electron chi connectivity index (χ3n) is 4.03. The maximum atomic E-state index is 12.6. The Balaban J connectivity index is 1.47. The van der Waals surface area contributed by atoms with Gasteiger partial charge in [0.1, 0.15) is 12.4 Å². The third-order valence-corrected chi connectivity index (χ3v) is 4.03. The Labute approximate surface area is 161 Å². The van der Waals surface area contributed by atoms with E-state index in [2.05, 4.69) is 15.6 Å². The first-order chi connectivity index (χ1) is 13.6. The van der Waals surface area contributed by atoms with Gasteiger partial charge in [-0.1, -0.05) is 12.1 Å². The van der Waals surface area contributed by atoms with Crippen LogP contribution in [0.1, 0.15) is 13.8 Å². The van der Waals surface area contributed by atoms with Gasteiger partial charge in [-0.05, 0) is 60.6 Å². The number of fused-ring (bicyclic) bond motifs is 1. The van der Waals surface area contributed by atoms with Crippen LogP contribution in [0.5, 0.6) is 17.2 Å². The van der Waals surface area contributed by atoms with Crippen molar-refractivity contribution in [3.63, 3.8) is 0 Å². The number of para-hydroxylation sites is 2. The number of amides is 1. The van der Waals surface area contributed by atoms with E-state index < -0.39 is 12.0 Å². The molecule has 1 N–H and O–H groups in total. The molecular weight excluding hydrogens is 362 g/mol. The zero-order valence-electron chi connectivity index (χ0n) is 15.4. The topological polar surface area (TPSA) is 95.7 Å². The van der Waals surface area contributed by atoms with E-state index in [1.54, 1.807) is 12.1 Å². The Kier molecular flexibility index (Phi) is 4.84. The third kappa shape index (κ3) is 3.75. The summed E-state index contributed by atoms with van der Waals surface area (Å²) in [6.07, 6.45) is -0.724.